The molecule has 0 radical (unpaired) electrons. The first-order valence-corrected chi connectivity index (χ1v) is 8.05. The lowest BCUT2D eigenvalue weighted by molar-refractivity contribution is 0.0912. The molecular formula is C19H19FN2O. The lowest BCUT2D eigenvalue weighted by atomic mass is 9.74. The van der Waals surface area contributed by atoms with E-state index >= 15 is 0 Å². The summed E-state index contributed by atoms with van der Waals surface area (Å²) >= 11 is 0. The molecule has 1 aliphatic rings. The van der Waals surface area contributed by atoms with Gasteiger partial charge in [0.25, 0.3) is 0 Å². The van der Waals surface area contributed by atoms with E-state index < -0.39 is 0 Å². The van der Waals surface area contributed by atoms with Crippen LogP contribution in [0.1, 0.15) is 48.9 Å². The van der Waals surface area contributed by atoms with Gasteiger partial charge in [-0.05, 0) is 36.5 Å². The predicted molar refractivity (Wildman–Crippen MR) is 89.4 cm³/mol. The number of aryl methyl sites for hydroxylation is 1. The van der Waals surface area contributed by atoms with Crippen LogP contribution in [0.4, 0.5) is 4.39 Å². The van der Waals surface area contributed by atoms with Crippen LogP contribution in [0.3, 0.4) is 0 Å². The number of hydrogen-bond acceptors (Lipinski definition) is 2. The van der Waals surface area contributed by atoms with Crippen molar-refractivity contribution in [3.8, 4) is 0 Å². The molecule has 0 unspecified atom stereocenters. The average Bonchev–Trinajstić information content (AvgIpc) is 2.83. The van der Waals surface area contributed by atoms with Crippen LogP contribution in [0.5, 0.6) is 0 Å². The first-order chi connectivity index (χ1) is 10.9. The summed E-state index contributed by atoms with van der Waals surface area (Å²) in [5, 5.41) is 1.63. The number of Topliss-reactive ketones (excluding diaryl/α,β-unsaturated/α-hetero) is 1. The lowest BCUT2D eigenvalue weighted by Gasteiger charge is -2.30. The number of halogens is 1. The molecule has 2 aromatic heterocycles. The Morgan fingerprint density at radius 1 is 1.30 bits per heavy atom. The number of nitrogens with zero attached hydrogens (tertiary/aromatic N) is 1. The zero-order valence-corrected chi connectivity index (χ0v) is 13.6. The molecule has 0 fully saturated rings. The zero-order chi connectivity index (χ0) is 16.4. The van der Waals surface area contributed by atoms with Crippen LogP contribution in [-0.2, 0) is 12.8 Å². The maximum atomic E-state index is 13.8. The molecule has 0 atom stereocenters. The van der Waals surface area contributed by atoms with Crippen LogP contribution in [0, 0.1) is 11.2 Å². The number of aromatic nitrogens is 2. The highest BCUT2D eigenvalue weighted by atomic mass is 19.1. The minimum Gasteiger partial charge on any atom is -0.353 e. The fourth-order valence-corrected chi connectivity index (χ4v) is 3.78. The van der Waals surface area contributed by atoms with Crippen molar-refractivity contribution in [3.05, 3.63) is 41.0 Å². The number of fused-ring (bicyclic) bond motifs is 5. The van der Waals surface area contributed by atoms with Gasteiger partial charge in [0.05, 0.1) is 16.9 Å². The van der Waals surface area contributed by atoms with Gasteiger partial charge in [0.15, 0.2) is 5.78 Å². The fraction of sp³-hybridized carbons (Fsp3) is 0.368. The Morgan fingerprint density at radius 3 is 2.83 bits per heavy atom. The van der Waals surface area contributed by atoms with Gasteiger partial charge in [0.2, 0.25) is 0 Å². The summed E-state index contributed by atoms with van der Waals surface area (Å²) in [5.74, 6) is -0.174. The summed E-state index contributed by atoms with van der Waals surface area (Å²) in [7, 11) is 0. The van der Waals surface area contributed by atoms with Crippen molar-refractivity contribution in [3.63, 3.8) is 0 Å². The summed E-state index contributed by atoms with van der Waals surface area (Å²) in [6.07, 6.45) is 2.05. The number of benzene rings is 1. The van der Waals surface area contributed by atoms with Crippen molar-refractivity contribution in [2.45, 2.75) is 40.0 Å². The SMILES string of the molecule is CCc1nc2c(c3c1[nH]c1ccc(F)cc13)C(=O)CC(C)(C)C2. The Bertz CT molecular complexity index is 969. The Labute approximate surface area is 133 Å². The molecule has 0 saturated carbocycles. The highest BCUT2D eigenvalue weighted by Crippen LogP contribution is 2.40. The van der Waals surface area contributed by atoms with E-state index in [0.29, 0.717) is 12.0 Å². The van der Waals surface area contributed by atoms with E-state index in [1.165, 1.54) is 12.1 Å². The number of carbonyl (C=O) groups is 1. The number of aromatic amines is 1. The molecule has 0 saturated heterocycles. The van der Waals surface area contributed by atoms with Crippen LogP contribution in [0.25, 0.3) is 21.8 Å². The van der Waals surface area contributed by atoms with Crippen LogP contribution in [-0.4, -0.2) is 15.8 Å². The lowest BCUT2D eigenvalue weighted by Crippen LogP contribution is -2.28. The maximum Gasteiger partial charge on any atom is 0.165 e. The van der Waals surface area contributed by atoms with Gasteiger partial charge in [0, 0.05) is 28.3 Å². The molecule has 2 heterocycles. The molecule has 0 aliphatic heterocycles. The number of H-pyrrole nitrogens is 1. The monoisotopic (exact) mass is 310 g/mol. The van der Waals surface area contributed by atoms with Crippen LogP contribution in [0.15, 0.2) is 18.2 Å². The molecule has 0 bridgehead atoms. The van der Waals surface area contributed by atoms with Gasteiger partial charge in [-0.3, -0.25) is 9.78 Å². The molecule has 23 heavy (non-hydrogen) atoms. The maximum absolute atomic E-state index is 13.8. The number of hydrogen-bond donors (Lipinski definition) is 1. The Hall–Kier alpha value is -2.23. The normalized spacial score (nSPS) is 17.0. The summed E-state index contributed by atoms with van der Waals surface area (Å²) in [5.41, 5.74) is 4.14. The van der Waals surface area contributed by atoms with E-state index in [1.54, 1.807) is 6.07 Å². The van der Waals surface area contributed by atoms with Gasteiger partial charge < -0.3 is 4.98 Å². The number of carbonyl (C=O) groups excluding carboxylic acids is 1. The highest BCUT2D eigenvalue weighted by molar-refractivity contribution is 6.19. The average molecular weight is 310 g/mol. The number of rotatable bonds is 1. The standard InChI is InChI=1S/C19H19FN2O/c1-4-12-18-16(11-7-10(20)5-6-13(11)22-18)17-14(21-12)8-19(2,3)9-15(17)23/h5-7,22H,4,8-9H2,1-3H3. The van der Waals surface area contributed by atoms with E-state index in [1.807, 2.05) is 0 Å². The smallest absolute Gasteiger partial charge is 0.165 e. The second-order valence-corrected chi connectivity index (χ2v) is 7.24. The molecule has 4 rings (SSSR count). The third kappa shape index (κ3) is 2.08. The zero-order valence-electron chi connectivity index (χ0n) is 13.6. The second kappa shape index (κ2) is 4.63. The van der Waals surface area contributed by atoms with Gasteiger partial charge >= 0.3 is 0 Å². The molecule has 1 N–H and O–H groups in total. The van der Waals surface area contributed by atoms with Crippen molar-refractivity contribution in [1.82, 2.24) is 9.97 Å². The Kier molecular flexibility index (Phi) is 2.89. The summed E-state index contributed by atoms with van der Waals surface area (Å²) < 4.78 is 13.8. The molecule has 0 spiro atoms. The molecule has 4 heteroatoms. The first-order valence-electron chi connectivity index (χ1n) is 8.05. The fourth-order valence-electron chi connectivity index (χ4n) is 3.78. The molecule has 3 aromatic rings. The van der Waals surface area contributed by atoms with Crippen molar-refractivity contribution >= 4 is 27.6 Å². The van der Waals surface area contributed by atoms with Gasteiger partial charge in [-0.25, -0.2) is 4.39 Å². The summed E-state index contributed by atoms with van der Waals surface area (Å²) in [4.78, 5) is 20.9. The van der Waals surface area contributed by atoms with Gasteiger partial charge in [-0.15, -0.1) is 0 Å². The molecule has 0 amide bonds. The van der Waals surface area contributed by atoms with Crippen LogP contribution < -0.4 is 0 Å². The molecule has 118 valence electrons. The van der Waals surface area contributed by atoms with E-state index in [-0.39, 0.29) is 17.0 Å². The van der Waals surface area contributed by atoms with E-state index in [0.717, 1.165) is 46.0 Å². The van der Waals surface area contributed by atoms with Crippen molar-refractivity contribution < 1.29 is 9.18 Å². The van der Waals surface area contributed by atoms with Crippen molar-refractivity contribution in [2.75, 3.05) is 0 Å². The van der Waals surface area contributed by atoms with Crippen LogP contribution >= 0.6 is 0 Å². The van der Waals surface area contributed by atoms with E-state index in [4.69, 9.17) is 4.98 Å². The molecule has 1 aliphatic carbocycles. The topological polar surface area (TPSA) is 45.8 Å². The highest BCUT2D eigenvalue weighted by Gasteiger charge is 2.34. The van der Waals surface area contributed by atoms with Gasteiger partial charge in [-0.1, -0.05) is 20.8 Å². The number of pyridine rings is 1. The predicted octanol–water partition coefficient (Wildman–Crippen LogP) is 4.57. The second-order valence-electron chi connectivity index (χ2n) is 7.24. The summed E-state index contributed by atoms with van der Waals surface area (Å²) in [6.45, 7) is 6.25. The molecular weight excluding hydrogens is 291 g/mol. The van der Waals surface area contributed by atoms with Gasteiger partial charge in [-0.2, -0.15) is 0 Å². The largest absolute Gasteiger partial charge is 0.353 e. The molecule has 1 aromatic carbocycles. The van der Waals surface area contributed by atoms with Crippen molar-refractivity contribution in [1.29, 1.82) is 0 Å². The summed E-state index contributed by atoms with van der Waals surface area (Å²) in [6, 6.07) is 4.68. The van der Waals surface area contributed by atoms with E-state index in [9.17, 15) is 9.18 Å². The number of nitrogens with one attached hydrogen (secondary N) is 1. The Balaban J connectivity index is 2.18. The third-order valence-corrected chi connectivity index (χ3v) is 4.76. The minimum absolute atomic E-state index is 0.0763. The van der Waals surface area contributed by atoms with Gasteiger partial charge in [0.1, 0.15) is 5.82 Å². The van der Waals surface area contributed by atoms with Crippen molar-refractivity contribution in [2.24, 2.45) is 5.41 Å². The number of ketones is 1. The first kappa shape index (κ1) is 14.4. The Morgan fingerprint density at radius 2 is 2.09 bits per heavy atom. The third-order valence-electron chi connectivity index (χ3n) is 4.76. The quantitative estimate of drug-likeness (QED) is 0.715. The minimum atomic E-state index is -0.286. The van der Waals surface area contributed by atoms with E-state index in [2.05, 4.69) is 25.8 Å². The molecule has 3 nitrogen and oxygen atoms in total. The van der Waals surface area contributed by atoms with Crippen LogP contribution in [0.2, 0.25) is 0 Å².